The van der Waals surface area contributed by atoms with Crippen LogP contribution in [0.4, 0.5) is 5.69 Å². The number of hydrogen-bond donors (Lipinski definition) is 2. The van der Waals surface area contributed by atoms with E-state index in [4.69, 9.17) is 0 Å². The highest BCUT2D eigenvalue weighted by Gasteiger charge is 2.42. The first kappa shape index (κ1) is 20.9. The van der Waals surface area contributed by atoms with Gasteiger partial charge < -0.3 is 10.6 Å². The summed E-state index contributed by atoms with van der Waals surface area (Å²) in [6.07, 6.45) is 4.76. The number of nitro groups is 1. The smallest absolute Gasteiger partial charge is 0.272 e. The lowest BCUT2D eigenvalue weighted by molar-refractivity contribution is -0.385. The maximum Gasteiger partial charge on any atom is 0.272 e. The number of benzene rings is 1. The molecular formula is C18H24ClN5O3. The average Bonchev–Trinajstić information content (AvgIpc) is 3.17. The Morgan fingerprint density at radius 2 is 2.11 bits per heavy atom. The topological polar surface area (TPSA) is 102 Å². The molecule has 0 aliphatic carbocycles. The summed E-state index contributed by atoms with van der Waals surface area (Å²) in [5.74, 6) is -0.113. The highest BCUT2D eigenvalue weighted by Crippen LogP contribution is 2.29. The van der Waals surface area contributed by atoms with Crippen molar-refractivity contribution < 1.29 is 9.72 Å². The van der Waals surface area contributed by atoms with Crippen molar-refractivity contribution in [2.45, 2.75) is 38.3 Å². The largest absolute Gasteiger partial charge is 0.347 e. The molecule has 0 bridgehead atoms. The molecule has 0 saturated carbocycles. The zero-order valence-electron chi connectivity index (χ0n) is 15.3. The number of hydrogen-bond acceptors (Lipinski definition) is 5. The van der Waals surface area contributed by atoms with Gasteiger partial charge in [0.1, 0.15) is 5.54 Å². The standard InChI is InChI=1S/C18H23N5O3.ClH/c1-13-4-5-15(12-16(13)23(25)26)14(2)21-17(24)18(6-9-19-10-7-18)22-11-3-8-20-22;/h3-5,8,11-12,14,19H,6-7,9-10H2,1-2H3,(H,21,24);1H. The minimum Gasteiger partial charge on any atom is -0.347 e. The molecule has 9 heteroatoms. The molecule has 1 aliphatic rings. The molecule has 3 rings (SSSR count). The van der Waals surface area contributed by atoms with E-state index < -0.39 is 10.5 Å². The number of carbonyl (C=O) groups excluding carboxylic acids is 1. The molecule has 8 nitrogen and oxygen atoms in total. The van der Waals surface area contributed by atoms with Crippen LogP contribution in [0.1, 0.15) is 36.9 Å². The fourth-order valence-corrected chi connectivity index (χ4v) is 3.43. The molecule has 1 aliphatic heterocycles. The zero-order valence-corrected chi connectivity index (χ0v) is 16.2. The van der Waals surface area contributed by atoms with Gasteiger partial charge in [-0.3, -0.25) is 19.6 Å². The molecule has 1 aromatic carbocycles. The van der Waals surface area contributed by atoms with E-state index in [2.05, 4.69) is 15.7 Å². The minimum absolute atomic E-state index is 0. The number of aryl methyl sites for hydroxylation is 1. The number of rotatable bonds is 5. The third-order valence-corrected chi connectivity index (χ3v) is 5.07. The number of aromatic nitrogens is 2. The Balaban J connectivity index is 0.00000261. The number of carbonyl (C=O) groups is 1. The van der Waals surface area contributed by atoms with Crippen LogP contribution in [0.15, 0.2) is 36.7 Å². The number of nitrogens with one attached hydrogen (secondary N) is 2. The van der Waals surface area contributed by atoms with Crippen molar-refractivity contribution >= 4 is 24.0 Å². The van der Waals surface area contributed by atoms with Gasteiger partial charge in [0, 0.05) is 24.0 Å². The molecule has 1 fully saturated rings. The fraction of sp³-hybridized carbons (Fsp3) is 0.444. The van der Waals surface area contributed by atoms with Crippen molar-refractivity contribution in [3.05, 3.63) is 57.9 Å². The summed E-state index contributed by atoms with van der Waals surface area (Å²) in [5, 5.41) is 21.8. The molecule has 1 aromatic heterocycles. The normalized spacial score (nSPS) is 16.8. The first-order valence-corrected chi connectivity index (χ1v) is 8.71. The molecule has 27 heavy (non-hydrogen) atoms. The Labute approximate surface area is 163 Å². The predicted molar refractivity (Wildman–Crippen MR) is 104 cm³/mol. The van der Waals surface area contributed by atoms with E-state index in [-0.39, 0.29) is 30.0 Å². The van der Waals surface area contributed by atoms with Gasteiger partial charge >= 0.3 is 0 Å². The van der Waals surface area contributed by atoms with Gasteiger partial charge in [-0.05, 0) is 51.4 Å². The first-order chi connectivity index (χ1) is 12.4. The van der Waals surface area contributed by atoms with Crippen molar-refractivity contribution in [2.24, 2.45) is 0 Å². The Morgan fingerprint density at radius 1 is 1.41 bits per heavy atom. The summed E-state index contributed by atoms with van der Waals surface area (Å²) in [6.45, 7) is 5.01. The van der Waals surface area contributed by atoms with Crippen LogP contribution in [0.2, 0.25) is 0 Å². The lowest BCUT2D eigenvalue weighted by Crippen LogP contribution is -2.55. The van der Waals surface area contributed by atoms with Gasteiger partial charge in [0.15, 0.2) is 0 Å². The Kier molecular flexibility index (Phi) is 6.56. The molecule has 146 valence electrons. The van der Waals surface area contributed by atoms with Gasteiger partial charge in [0.2, 0.25) is 5.91 Å². The lowest BCUT2D eigenvalue weighted by Gasteiger charge is -2.37. The maximum atomic E-state index is 13.2. The predicted octanol–water partition coefficient (Wildman–Crippen LogP) is 2.48. The molecule has 0 spiro atoms. The molecule has 1 amide bonds. The van der Waals surface area contributed by atoms with Gasteiger partial charge in [-0.25, -0.2) is 0 Å². The molecule has 1 atom stereocenters. The summed E-state index contributed by atoms with van der Waals surface area (Å²) >= 11 is 0. The van der Waals surface area contributed by atoms with Crippen molar-refractivity contribution in [1.29, 1.82) is 0 Å². The monoisotopic (exact) mass is 393 g/mol. The van der Waals surface area contributed by atoms with Crippen molar-refractivity contribution in [2.75, 3.05) is 13.1 Å². The molecule has 2 aromatic rings. The van der Waals surface area contributed by atoms with Gasteiger partial charge in [0.25, 0.3) is 5.69 Å². The molecule has 1 saturated heterocycles. The van der Waals surface area contributed by atoms with Crippen molar-refractivity contribution in [3.8, 4) is 0 Å². The Bertz CT molecular complexity index is 803. The van der Waals surface area contributed by atoms with E-state index in [0.717, 1.165) is 13.1 Å². The van der Waals surface area contributed by atoms with Crippen LogP contribution in [0, 0.1) is 17.0 Å². The van der Waals surface area contributed by atoms with E-state index in [1.165, 1.54) is 6.07 Å². The number of nitro benzene ring substituents is 1. The maximum absolute atomic E-state index is 13.2. The number of halogens is 1. The van der Waals surface area contributed by atoms with Crippen LogP contribution in [0.3, 0.4) is 0 Å². The molecule has 1 unspecified atom stereocenters. The molecule has 2 heterocycles. The number of amides is 1. The van der Waals surface area contributed by atoms with Crippen LogP contribution in [-0.2, 0) is 10.3 Å². The fourth-order valence-electron chi connectivity index (χ4n) is 3.43. The Morgan fingerprint density at radius 3 is 2.70 bits per heavy atom. The summed E-state index contributed by atoms with van der Waals surface area (Å²) < 4.78 is 1.73. The van der Waals surface area contributed by atoms with Crippen molar-refractivity contribution in [1.82, 2.24) is 20.4 Å². The van der Waals surface area contributed by atoms with E-state index >= 15 is 0 Å². The second-order valence-electron chi connectivity index (χ2n) is 6.73. The Hall–Kier alpha value is -2.45. The van der Waals surface area contributed by atoms with E-state index in [0.29, 0.717) is 24.0 Å². The summed E-state index contributed by atoms with van der Waals surface area (Å²) in [7, 11) is 0. The average molecular weight is 394 g/mol. The highest BCUT2D eigenvalue weighted by atomic mass is 35.5. The quantitative estimate of drug-likeness (QED) is 0.600. The van der Waals surface area contributed by atoms with Crippen LogP contribution < -0.4 is 10.6 Å². The summed E-state index contributed by atoms with van der Waals surface area (Å²) in [6, 6.07) is 6.52. The van der Waals surface area contributed by atoms with E-state index in [1.807, 2.05) is 25.3 Å². The van der Waals surface area contributed by atoms with Gasteiger partial charge in [0.05, 0.1) is 11.0 Å². The van der Waals surface area contributed by atoms with Gasteiger partial charge in [-0.2, -0.15) is 5.10 Å². The van der Waals surface area contributed by atoms with Crippen LogP contribution in [-0.4, -0.2) is 33.7 Å². The van der Waals surface area contributed by atoms with Crippen LogP contribution in [0.5, 0.6) is 0 Å². The third kappa shape index (κ3) is 4.12. The van der Waals surface area contributed by atoms with Gasteiger partial charge in [-0.1, -0.05) is 12.1 Å². The minimum atomic E-state index is -0.736. The molecule has 0 radical (unpaired) electrons. The SMILES string of the molecule is Cc1ccc(C(C)NC(=O)C2(n3cccn3)CCNCC2)cc1[N+](=O)[O-].Cl. The number of nitrogens with zero attached hydrogens (tertiary/aromatic N) is 3. The first-order valence-electron chi connectivity index (χ1n) is 8.71. The summed E-state index contributed by atoms with van der Waals surface area (Å²) in [5.41, 5.74) is 0.635. The zero-order chi connectivity index (χ0) is 18.7. The van der Waals surface area contributed by atoms with Crippen LogP contribution >= 0.6 is 12.4 Å². The van der Waals surface area contributed by atoms with E-state index in [1.54, 1.807) is 23.9 Å². The second-order valence-corrected chi connectivity index (χ2v) is 6.73. The highest BCUT2D eigenvalue weighted by molar-refractivity contribution is 5.85. The van der Waals surface area contributed by atoms with Crippen LogP contribution in [0.25, 0.3) is 0 Å². The third-order valence-electron chi connectivity index (χ3n) is 5.07. The second kappa shape index (κ2) is 8.49. The van der Waals surface area contributed by atoms with Gasteiger partial charge in [-0.15, -0.1) is 12.4 Å². The van der Waals surface area contributed by atoms with E-state index in [9.17, 15) is 14.9 Å². The summed E-state index contributed by atoms with van der Waals surface area (Å²) in [4.78, 5) is 23.9. The molecular weight excluding hydrogens is 370 g/mol. The molecule has 2 N–H and O–H groups in total. The number of piperidine rings is 1. The van der Waals surface area contributed by atoms with Crippen molar-refractivity contribution in [3.63, 3.8) is 0 Å². The lowest BCUT2D eigenvalue weighted by atomic mass is 9.87.